The molecule has 2 N–H and O–H groups in total. The minimum absolute atomic E-state index is 0. The van der Waals surface area contributed by atoms with E-state index in [9.17, 15) is 0 Å². The smallest absolute Gasteiger partial charge is 0.213 e. The highest BCUT2D eigenvalue weighted by Gasteiger charge is 2.19. The van der Waals surface area contributed by atoms with E-state index in [0.717, 1.165) is 18.3 Å². The fraction of sp³-hybridized carbons (Fsp3) is 0.733. The fourth-order valence-corrected chi connectivity index (χ4v) is 1.70. The summed E-state index contributed by atoms with van der Waals surface area (Å²) in [6, 6.07) is 0. The predicted octanol–water partition coefficient (Wildman–Crippen LogP) is 3.40. The molecule has 0 spiro atoms. The zero-order valence-electron chi connectivity index (χ0n) is 14.6. The fourth-order valence-electron chi connectivity index (χ4n) is 1.49. The van der Waals surface area contributed by atoms with Gasteiger partial charge in [0, 0.05) is 23.8 Å². The molecule has 1 aromatic heterocycles. The molecule has 0 saturated carbocycles. The summed E-state index contributed by atoms with van der Waals surface area (Å²) in [4.78, 5) is 8.51. The van der Waals surface area contributed by atoms with Crippen molar-refractivity contribution in [2.45, 2.75) is 51.3 Å². The number of oxazole rings is 1. The summed E-state index contributed by atoms with van der Waals surface area (Å²) in [5.74, 6) is 2.32. The molecule has 1 rings (SSSR count). The first-order chi connectivity index (χ1) is 9.68. The van der Waals surface area contributed by atoms with Crippen molar-refractivity contribution < 1.29 is 4.42 Å². The molecule has 1 aromatic rings. The van der Waals surface area contributed by atoms with E-state index in [0.29, 0.717) is 12.4 Å². The van der Waals surface area contributed by atoms with Crippen LogP contribution in [0.4, 0.5) is 0 Å². The van der Waals surface area contributed by atoms with Gasteiger partial charge in [-0.1, -0.05) is 20.8 Å². The van der Waals surface area contributed by atoms with Gasteiger partial charge in [-0.05, 0) is 20.1 Å². The summed E-state index contributed by atoms with van der Waals surface area (Å²) < 4.78 is 5.92. The van der Waals surface area contributed by atoms with E-state index in [1.54, 1.807) is 13.2 Å². The van der Waals surface area contributed by atoms with Crippen molar-refractivity contribution >= 4 is 41.7 Å². The Labute approximate surface area is 155 Å². The Balaban J connectivity index is 0.00000441. The van der Waals surface area contributed by atoms with Crippen LogP contribution in [0.3, 0.4) is 0 Å². The molecular formula is C15H29IN4OS. The molecule has 0 fully saturated rings. The lowest BCUT2D eigenvalue weighted by molar-refractivity contribution is 0.379. The van der Waals surface area contributed by atoms with Gasteiger partial charge in [-0.2, -0.15) is 11.8 Å². The topological polar surface area (TPSA) is 62.5 Å². The number of nitrogens with zero attached hydrogens (tertiary/aromatic N) is 2. The Hall–Kier alpha value is -0.440. The molecule has 0 bridgehead atoms. The lowest BCUT2D eigenvalue weighted by atomic mass is 9.94. The second-order valence-corrected chi connectivity index (χ2v) is 8.12. The number of rotatable bonds is 5. The maximum absolute atomic E-state index is 5.75. The lowest BCUT2D eigenvalue weighted by Crippen LogP contribution is -2.43. The molecule has 0 atom stereocenters. The van der Waals surface area contributed by atoms with Crippen LogP contribution in [0.15, 0.2) is 15.6 Å². The second kappa shape index (κ2) is 9.00. The molecule has 0 amide bonds. The standard InChI is InChI=1S/C15H28N4OS.HI/c1-14(2,3)11-8-17-12(20-11)9-18-13(16-6)19-10-15(4,5)21-7;/h8H,9-10H2,1-7H3,(H2,16,18,19);1H. The van der Waals surface area contributed by atoms with Crippen LogP contribution in [-0.4, -0.2) is 35.5 Å². The molecule has 5 nitrogen and oxygen atoms in total. The predicted molar refractivity (Wildman–Crippen MR) is 106 cm³/mol. The van der Waals surface area contributed by atoms with Crippen molar-refractivity contribution in [2.75, 3.05) is 19.8 Å². The first kappa shape index (κ1) is 21.6. The van der Waals surface area contributed by atoms with Gasteiger partial charge in [0.05, 0.1) is 12.7 Å². The number of halogens is 1. The summed E-state index contributed by atoms with van der Waals surface area (Å²) >= 11 is 1.82. The molecule has 0 saturated heterocycles. The zero-order valence-corrected chi connectivity index (χ0v) is 17.8. The van der Waals surface area contributed by atoms with Crippen LogP contribution in [0, 0.1) is 0 Å². The van der Waals surface area contributed by atoms with E-state index in [2.05, 4.69) is 61.5 Å². The summed E-state index contributed by atoms with van der Waals surface area (Å²) in [5, 5.41) is 6.54. The molecule has 22 heavy (non-hydrogen) atoms. The monoisotopic (exact) mass is 440 g/mol. The van der Waals surface area contributed by atoms with Crippen LogP contribution in [0.25, 0.3) is 0 Å². The van der Waals surface area contributed by atoms with Gasteiger partial charge in [-0.3, -0.25) is 4.99 Å². The largest absolute Gasteiger partial charge is 0.443 e. The summed E-state index contributed by atoms with van der Waals surface area (Å²) in [5.41, 5.74) is -0.0203. The van der Waals surface area contributed by atoms with Crippen molar-refractivity contribution in [2.24, 2.45) is 4.99 Å². The van der Waals surface area contributed by atoms with Gasteiger partial charge in [0.1, 0.15) is 5.76 Å². The molecule has 7 heteroatoms. The minimum Gasteiger partial charge on any atom is -0.443 e. The van der Waals surface area contributed by atoms with Crippen LogP contribution in [0.1, 0.15) is 46.3 Å². The summed E-state index contributed by atoms with van der Waals surface area (Å²) in [7, 11) is 1.76. The molecule has 0 aliphatic rings. The highest BCUT2D eigenvalue weighted by Crippen LogP contribution is 2.22. The van der Waals surface area contributed by atoms with E-state index < -0.39 is 0 Å². The molecule has 0 radical (unpaired) electrons. The molecular weight excluding hydrogens is 411 g/mol. The Morgan fingerprint density at radius 2 is 1.91 bits per heavy atom. The van der Waals surface area contributed by atoms with Gasteiger partial charge >= 0.3 is 0 Å². The first-order valence-corrected chi connectivity index (χ1v) is 8.35. The number of hydrogen-bond acceptors (Lipinski definition) is 4. The highest BCUT2D eigenvalue weighted by molar-refractivity contribution is 14.0. The lowest BCUT2D eigenvalue weighted by Gasteiger charge is -2.23. The Bertz CT molecular complexity index is 480. The maximum atomic E-state index is 5.75. The molecule has 0 aliphatic heterocycles. The number of guanidine groups is 1. The van der Waals surface area contributed by atoms with Crippen LogP contribution in [0.2, 0.25) is 0 Å². The number of aromatic nitrogens is 1. The van der Waals surface area contributed by atoms with Crippen molar-refractivity contribution in [3.63, 3.8) is 0 Å². The normalized spacial score (nSPS) is 12.8. The van der Waals surface area contributed by atoms with Gasteiger partial charge in [0.25, 0.3) is 0 Å². The van der Waals surface area contributed by atoms with Crippen molar-refractivity contribution in [3.05, 3.63) is 17.8 Å². The molecule has 0 aliphatic carbocycles. The van der Waals surface area contributed by atoms with Crippen LogP contribution < -0.4 is 10.6 Å². The SMILES string of the molecule is CN=C(NCc1ncc(C(C)(C)C)o1)NCC(C)(C)SC.I. The number of hydrogen-bond donors (Lipinski definition) is 2. The quantitative estimate of drug-likeness (QED) is 0.418. The minimum atomic E-state index is -0.0203. The third-order valence-electron chi connectivity index (χ3n) is 3.16. The highest BCUT2D eigenvalue weighted by atomic mass is 127. The van der Waals surface area contributed by atoms with Gasteiger partial charge < -0.3 is 15.1 Å². The van der Waals surface area contributed by atoms with E-state index in [1.165, 1.54) is 0 Å². The van der Waals surface area contributed by atoms with Gasteiger partial charge in [-0.15, -0.1) is 24.0 Å². The average Bonchev–Trinajstić information content (AvgIpc) is 2.88. The van der Waals surface area contributed by atoms with Crippen molar-refractivity contribution in [1.82, 2.24) is 15.6 Å². The Morgan fingerprint density at radius 1 is 1.27 bits per heavy atom. The van der Waals surface area contributed by atoms with Crippen molar-refractivity contribution in [3.8, 4) is 0 Å². The van der Waals surface area contributed by atoms with Crippen LogP contribution in [-0.2, 0) is 12.0 Å². The number of nitrogens with one attached hydrogen (secondary N) is 2. The average molecular weight is 440 g/mol. The van der Waals surface area contributed by atoms with Gasteiger partial charge in [-0.25, -0.2) is 4.98 Å². The molecule has 128 valence electrons. The van der Waals surface area contributed by atoms with Crippen molar-refractivity contribution in [1.29, 1.82) is 0 Å². The number of aliphatic imine (C=N–C) groups is 1. The summed E-state index contributed by atoms with van der Waals surface area (Å²) in [6.07, 6.45) is 3.91. The van der Waals surface area contributed by atoms with Gasteiger partial charge in [0.2, 0.25) is 5.89 Å². The Kier molecular flexibility index (Phi) is 8.82. The van der Waals surface area contributed by atoms with E-state index >= 15 is 0 Å². The molecule has 1 heterocycles. The zero-order chi connectivity index (χ0) is 16.1. The number of thioether (sulfide) groups is 1. The molecule has 0 unspecified atom stereocenters. The van der Waals surface area contributed by atoms with Gasteiger partial charge in [0.15, 0.2) is 5.96 Å². The summed E-state index contributed by atoms with van der Waals surface area (Å²) in [6.45, 7) is 12.1. The first-order valence-electron chi connectivity index (χ1n) is 7.13. The van der Waals surface area contributed by atoms with E-state index in [4.69, 9.17) is 4.42 Å². The van der Waals surface area contributed by atoms with E-state index in [1.807, 2.05) is 11.8 Å². The van der Waals surface area contributed by atoms with Crippen LogP contribution >= 0.6 is 35.7 Å². The third kappa shape index (κ3) is 7.21. The Morgan fingerprint density at radius 3 is 2.36 bits per heavy atom. The third-order valence-corrected chi connectivity index (χ3v) is 4.41. The second-order valence-electron chi connectivity index (χ2n) is 6.61. The van der Waals surface area contributed by atoms with E-state index in [-0.39, 0.29) is 34.1 Å². The molecule has 0 aromatic carbocycles. The van der Waals surface area contributed by atoms with Crippen LogP contribution in [0.5, 0.6) is 0 Å². The maximum Gasteiger partial charge on any atom is 0.213 e.